The molecule has 2 heterocycles. The van der Waals surface area contributed by atoms with Gasteiger partial charge in [-0.2, -0.15) is 5.10 Å². The van der Waals surface area contributed by atoms with Crippen LogP contribution in [0.25, 0.3) is 39.3 Å². The van der Waals surface area contributed by atoms with E-state index in [1.807, 2.05) is 30.3 Å². The summed E-state index contributed by atoms with van der Waals surface area (Å²) in [6.07, 6.45) is 4.22. The van der Waals surface area contributed by atoms with Gasteiger partial charge >= 0.3 is 0 Å². The molecule has 52 heavy (non-hydrogen) atoms. The SMILES string of the molecule is Cc1c(C)c(C)c(-c2c(-c3cccc(Oc4cccc(N5C=CN(c6ccccc6)C5)c4)c3)nn(-c3ccccc3)c2-c2ccccc2)c(C)c1C. The van der Waals surface area contributed by atoms with Gasteiger partial charge in [0.15, 0.2) is 0 Å². The van der Waals surface area contributed by atoms with Gasteiger partial charge in [0.05, 0.1) is 18.1 Å². The lowest BCUT2D eigenvalue weighted by Gasteiger charge is -2.22. The fourth-order valence-corrected chi connectivity index (χ4v) is 7.29. The highest BCUT2D eigenvalue weighted by atomic mass is 16.5. The Morgan fingerprint density at radius 2 is 0.962 bits per heavy atom. The average molecular weight is 679 g/mol. The van der Waals surface area contributed by atoms with Gasteiger partial charge in [0.25, 0.3) is 0 Å². The van der Waals surface area contributed by atoms with E-state index in [1.165, 1.54) is 33.4 Å². The molecule has 0 spiro atoms. The number of hydrogen-bond donors (Lipinski definition) is 0. The minimum atomic E-state index is 0.732. The van der Waals surface area contributed by atoms with Gasteiger partial charge in [-0.1, -0.05) is 84.9 Å². The summed E-state index contributed by atoms with van der Waals surface area (Å²) in [6, 6.07) is 48.1. The molecule has 0 fully saturated rings. The standard InChI is InChI=1S/C47H42N4O/c1-32-33(2)35(4)44(36(5)34(32)3)45-46(48-51(40-22-13-8-14-23-40)47(45)37-17-9-6-10-18-37)38-19-15-25-42(29-38)52-43-26-16-24-41(30-43)50-28-27-49(31-50)39-20-11-7-12-21-39/h6-30H,31H2,1-5H3. The van der Waals surface area contributed by atoms with Crippen LogP contribution in [0.5, 0.6) is 11.5 Å². The van der Waals surface area contributed by atoms with Gasteiger partial charge in [-0.3, -0.25) is 0 Å². The van der Waals surface area contributed by atoms with E-state index in [2.05, 4.69) is 171 Å². The first-order valence-electron chi connectivity index (χ1n) is 17.8. The molecule has 0 unspecified atom stereocenters. The van der Waals surface area contributed by atoms with Crippen LogP contribution in [0, 0.1) is 34.6 Å². The maximum Gasteiger partial charge on any atom is 0.129 e. The molecule has 0 aliphatic carbocycles. The van der Waals surface area contributed by atoms with Crippen molar-refractivity contribution in [3.63, 3.8) is 0 Å². The van der Waals surface area contributed by atoms with Crippen LogP contribution in [-0.4, -0.2) is 16.4 Å². The summed E-state index contributed by atoms with van der Waals surface area (Å²) in [5.41, 5.74) is 16.2. The van der Waals surface area contributed by atoms with Gasteiger partial charge < -0.3 is 14.5 Å². The van der Waals surface area contributed by atoms with Crippen molar-refractivity contribution in [2.75, 3.05) is 16.5 Å². The maximum atomic E-state index is 6.61. The molecule has 0 atom stereocenters. The second kappa shape index (κ2) is 13.8. The summed E-state index contributed by atoms with van der Waals surface area (Å²) in [4.78, 5) is 4.45. The van der Waals surface area contributed by atoms with Crippen LogP contribution in [0.2, 0.25) is 0 Å². The monoisotopic (exact) mass is 678 g/mol. The van der Waals surface area contributed by atoms with E-state index in [1.54, 1.807) is 0 Å². The van der Waals surface area contributed by atoms with Gasteiger partial charge in [-0.25, -0.2) is 4.68 Å². The molecular formula is C47H42N4O. The van der Waals surface area contributed by atoms with Crippen molar-refractivity contribution in [3.8, 4) is 50.8 Å². The molecule has 5 nitrogen and oxygen atoms in total. The first kappa shape index (κ1) is 32.9. The molecule has 1 aromatic heterocycles. The van der Waals surface area contributed by atoms with E-state index < -0.39 is 0 Å². The van der Waals surface area contributed by atoms with Crippen molar-refractivity contribution in [1.29, 1.82) is 0 Å². The van der Waals surface area contributed by atoms with E-state index in [0.29, 0.717) is 0 Å². The highest BCUT2D eigenvalue weighted by Crippen LogP contribution is 2.46. The highest BCUT2D eigenvalue weighted by molar-refractivity contribution is 5.95. The molecule has 0 saturated carbocycles. The Kier molecular flexibility index (Phi) is 8.70. The summed E-state index contributed by atoms with van der Waals surface area (Å²) >= 11 is 0. The number of aromatic nitrogens is 2. The molecule has 5 heteroatoms. The van der Waals surface area contributed by atoms with Crippen LogP contribution in [0.4, 0.5) is 11.4 Å². The molecule has 1 aliphatic heterocycles. The van der Waals surface area contributed by atoms with Crippen molar-refractivity contribution in [1.82, 2.24) is 9.78 Å². The van der Waals surface area contributed by atoms with Gasteiger partial charge in [0.2, 0.25) is 0 Å². The fraction of sp³-hybridized carbons (Fsp3) is 0.128. The lowest BCUT2D eigenvalue weighted by atomic mass is 9.84. The van der Waals surface area contributed by atoms with Crippen molar-refractivity contribution >= 4 is 11.4 Å². The van der Waals surface area contributed by atoms with Crippen molar-refractivity contribution < 1.29 is 4.74 Å². The summed E-state index contributed by atoms with van der Waals surface area (Å²) in [5.74, 6) is 1.53. The summed E-state index contributed by atoms with van der Waals surface area (Å²) < 4.78 is 8.72. The van der Waals surface area contributed by atoms with E-state index in [9.17, 15) is 0 Å². The van der Waals surface area contributed by atoms with Crippen molar-refractivity contribution in [2.24, 2.45) is 0 Å². The third kappa shape index (κ3) is 6.05. The van der Waals surface area contributed by atoms with E-state index in [0.717, 1.165) is 63.3 Å². The van der Waals surface area contributed by atoms with E-state index in [-0.39, 0.29) is 0 Å². The maximum absolute atomic E-state index is 6.61. The topological polar surface area (TPSA) is 33.5 Å². The molecule has 7 aromatic rings. The summed E-state index contributed by atoms with van der Waals surface area (Å²) in [6.45, 7) is 12.0. The lowest BCUT2D eigenvalue weighted by Crippen LogP contribution is -2.24. The van der Waals surface area contributed by atoms with Crippen LogP contribution in [-0.2, 0) is 0 Å². The average Bonchev–Trinajstić information content (AvgIpc) is 3.85. The lowest BCUT2D eigenvalue weighted by molar-refractivity contribution is 0.483. The number of anilines is 2. The Morgan fingerprint density at radius 3 is 1.62 bits per heavy atom. The van der Waals surface area contributed by atoms with Crippen molar-refractivity contribution in [3.05, 3.63) is 180 Å². The molecule has 8 rings (SSSR count). The zero-order chi connectivity index (χ0) is 35.8. The fourth-order valence-electron chi connectivity index (χ4n) is 7.29. The van der Waals surface area contributed by atoms with Crippen LogP contribution >= 0.6 is 0 Å². The van der Waals surface area contributed by atoms with Gasteiger partial charge in [-0.15, -0.1) is 0 Å². The quantitative estimate of drug-likeness (QED) is 0.160. The van der Waals surface area contributed by atoms with Gasteiger partial charge in [0, 0.05) is 46.5 Å². The highest BCUT2D eigenvalue weighted by Gasteiger charge is 2.27. The molecule has 0 radical (unpaired) electrons. The zero-order valence-electron chi connectivity index (χ0n) is 30.3. The van der Waals surface area contributed by atoms with Gasteiger partial charge in [0.1, 0.15) is 17.2 Å². The molecule has 1 aliphatic rings. The normalized spacial score (nSPS) is 12.5. The molecule has 0 bridgehead atoms. The number of nitrogens with zero attached hydrogens (tertiary/aromatic N) is 4. The smallest absolute Gasteiger partial charge is 0.129 e. The third-order valence-corrected chi connectivity index (χ3v) is 10.5. The first-order valence-corrected chi connectivity index (χ1v) is 17.8. The Hall–Kier alpha value is -6.33. The Labute approximate surface area is 306 Å². The third-order valence-electron chi connectivity index (χ3n) is 10.5. The minimum Gasteiger partial charge on any atom is -0.457 e. The first-order chi connectivity index (χ1) is 25.4. The second-order valence-corrected chi connectivity index (χ2v) is 13.5. The number of ether oxygens (including phenoxy) is 1. The Balaban J connectivity index is 1.23. The zero-order valence-corrected chi connectivity index (χ0v) is 30.3. The van der Waals surface area contributed by atoms with Crippen LogP contribution < -0.4 is 14.5 Å². The summed E-state index contributed by atoms with van der Waals surface area (Å²) in [5, 5.41) is 5.46. The van der Waals surface area contributed by atoms with Gasteiger partial charge in [-0.05, 0) is 117 Å². The van der Waals surface area contributed by atoms with Crippen molar-refractivity contribution in [2.45, 2.75) is 34.6 Å². The predicted molar refractivity (Wildman–Crippen MR) is 215 cm³/mol. The Bertz CT molecular complexity index is 2380. The van der Waals surface area contributed by atoms with Crippen LogP contribution in [0.1, 0.15) is 27.8 Å². The predicted octanol–water partition coefficient (Wildman–Crippen LogP) is 12.0. The van der Waals surface area contributed by atoms with Crippen LogP contribution in [0.3, 0.4) is 0 Å². The molecule has 0 saturated heterocycles. The molecular weight excluding hydrogens is 637 g/mol. The van der Waals surface area contributed by atoms with Crippen LogP contribution in [0.15, 0.2) is 152 Å². The second-order valence-electron chi connectivity index (χ2n) is 13.5. The van der Waals surface area contributed by atoms with E-state index in [4.69, 9.17) is 9.84 Å². The number of para-hydroxylation sites is 2. The Morgan fingerprint density at radius 1 is 0.462 bits per heavy atom. The largest absolute Gasteiger partial charge is 0.457 e. The number of hydrogen-bond acceptors (Lipinski definition) is 4. The minimum absolute atomic E-state index is 0.732. The molecule has 0 amide bonds. The summed E-state index contributed by atoms with van der Waals surface area (Å²) in [7, 11) is 0. The molecule has 0 N–H and O–H groups in total. The molecule has 6 aromatic carbocycles. The molecule has 256 valence electrons. The number of rotatable bonds is 8. The number of benzene rings is 6. The van der Waals surface area contributed by atoms with E-state index >= 15 is 0 Å².